The van der Waals surface area contributed by atoms with Crippen LogP contribution >= 0.6 is 0 Å². The second-order valence-corrected chi connectivity index (χ2v) is 9.52. The van der Waals surface area contributed by atoms with Gasteiger partial charge in [0.1, 0.15) is 18.1 Å². The summed E-state index contributed by atoms with van der Waals surface area (Å²) >= 11 is 0. The molecule has 0 saturated carbocycles. The van der Waals surface area contributed by atoms with E-state index in [1.165, 1.54) is 6.07 Å². The molecule has 4 amide bonds. The van der Waals surface area contributed by atoms with Crippen molar-refractivity contribution in [1.82, 2.24) is 15.1 Å². The van der Waals surface area contributed by atoms with Crippen molar-refractivity contribution in [2.24, 2.45) is 5.92 Å². The third-order valence-corrected chi connectivity index (χ3v) is 7.60. The van der Waals surface area contributed by atoms with Gasteiger partial charge < -0.3 is 14.6 Å². The van der Waals surface area contributed by atoms with Crippen LogP contribution in [0.2, 0.25) is 0 Å². The van der Waals surface area contributed by atoms with Crippen molar-refractivity contribution in [3.8, 4) is 0 Å². The van der Waals surface area contributed by atoms with Crippen LogP contribution in [0, 0.1) is 11.7 Å². The largest absolute Gasteiger partial charge is 0.369 e. The molecule has 4 heterocycles. The van der Waals surface area contributed by atoms with Gasteiger partial charge in [-0.2, -0.15) is 0 Å². The van der Waals surface area contributed by atoms with Crippen LogP contribution in [-0.2, 0) is 14.4 Å². The van der Waals surface area contributed by atoms with Crippen LogP contribution in [0.5, 0.6) is 0 Å². The van der Waals surface area contributed by atoms with Crippen LogP contribution in [0.4, 0.5) is 10.1 Å². The zero-order chi connectivity index (χ0) is 24.0. The highest BCUT2D eigenvalue weighted by Crippen LogP contribution is 2.34. The zero-order valence-corrected chi connectivity index (χ0v) is 18.8. The molecule has 5 rings (SSSR count). The number of carbonyl (C=O) groups is 5. The standard InChI is InChI=1S/C24H27FN4O5/c25-18-11-16-17(24(34)29(23(16)33)19-1-2-21(31)26-22(19)32)12-20(18)28-9-5-15(6-10-28)27-7-3-14(13-30)4-8-27/h11-15,19H,1-10H2,(H,26,31,32). The third kappa shape index (κ3) is 3.89. The van der Waals surface area contributed by atoms with Crippen molar-refractivity contribution in [2.45, 2.75) is 50.6 Å². The van der Waals surface area contributed by atoms with Gasteiger partial charge in [0.15, 0.2) is 0 Å². The molecule has 0 radical (unpaired) electrons. The molecule has 4 aliphatic heterocycles. The van der Waals surface area contributed by atoms with Gasteiger partial charge in [-0.3, -0.25) is 29.4 Å². The first kappa shape index (κ1) is 22.6. The lowest BCUT2D eigenvalue weighted by atomic mass is 9.94. The van der Waals surface area contributed by atoms with Gasteiger partial charge in [-0.1, -0.05) is 0 Å². The molecule has 0 bridgehead atoms. The van der Waals surface area contributed by atoms with Gasteiger partial charge in [0.05, 0.1) is 16.8 Å². The number of rotatable bonds is 4. The Kier molecular flexibility index (Phi) is 5.93. The van der Waals surface area contributed by atoms with Gasteiger partial charge in [0, 0.05) is 31.5 Å². The highest BCUT2D eigenvalue weighted by molar-refractivity contribution is 6.23. The fourth-order valence-electron chi connectivity index (χ4n) is 5.61. The predicted molar refractivity (Wildman–Crippen MR) is 119 cm³/mol. The van der Waals surface area contributed by atoms with Crippen molar-refractivity contribution in [3.05, 3.63) is 29.1 Å². The number of piperidine rings is 3. The van der Waals surface area contributed by atoms with Gasteiger partial charge in [-0.05, 0) is 57.3 Å². The number of carbonyl (C=O) groups excluding carboxylic acids is 5. The normalized spacial score (nSPS) is 25.0. The molecule has 34 heavy (non-hydrogen) atoms. The Morgan fingerprint density at radius 2 is 1.53 bits per heavy atom. The Balaban J connectivity index is 1.29. The molecule has 0 aliphatic carbocycles. The number of amides is 4. The maximum absolute atomic E-state index is 15.1. The van der Waals surface area contributed by atoms with Crippen molar-refractivity contribution in [1.29, 1.82) is 0 Å². The van der Waals surface area contributed by atoms with E-state index in [0.29, 0.717) is 19.1 Å². The Hall–Kier alpha value is -3.14. The summed E-state index contributed by atoms with van der Waals surface area (Å²) in [6, 6.07) is 1.82. The van der Waals surface area contributed by atoms with E-state index in [2.05, 4.69) is 10.2 Å². The number of anilines is 1. The number of imide groups is 2. The average Bonchev–Trinajstić information content (AvgIpc) is 3.08. The number of hydrogen-bond donors (Lipinski definition) is 1. The van der Waals surface area contributed by atoms with Crippen molar-refractivity contribution in [2.75, 3.05) is 31.1 Å². The van der Waals surface area contributed by atoms with Crippen LogP contribution in [0.3, 0.4) is 0 Å². The Morgan fingerprint density at radius 3 is 2.15 bits per heavy atom. The van der Waals surface area contributed by atoms with Crippen LogP contribution in [0.25, 0.3) is 0 Å². The van der Waals surface area contributed by atoms with E-state index in [-0.39, 0.29) is 35.6 Å². The molecule has 3 saturated heterocycles. The number of benzene rings is 1. The maximum atomic E-state index is 15.1. The lowest BCUT2D eigenvalue weighted by molar-refractivity contribution is -0.136. The number of fused-ring (bicyclic) bond motifs is 1. The van der Waals surface area contributed by atoms with Crippen molar-refractivity contribution < 1.29 is 28.4 Å². The summed E-state index contributed by atoms with van der Waals surface area (Å²) in [5, 5.41) is 2.16. The summed E-state index contributed by atoms with van der Waals surface area (Å²) in [7, 11) is 0. The molecule has 9 nitrogen and oxygen atoms in total. The molecular weight excluding hydrogens is 443 g/mol. The van der Waals surface area contributed by atoms with Crippen LogP contribution in [0.15, 0.2) is 12.1 Å². The summed E-state index contributed by atoms with van der Waals surface area (Å²) in [5.74, 6) is -2.90. The molecule has 1 aromatic carbocycles. The average molecular weight is 471 g/mol. The molecule has 3 fully saturated rings. The van der Waals surface area contributed by atoms with E-state index in [1.54, 1.807) is 0 Å². The molecule has 1 aromatic rings. The molecule has 1 atom stereocenters. The summed E-state index contributed by atoms with van der Waals surface area (Å²) in [6.45, 7) is 3.03. The molecule has 0 spiro atoms. The Labute approximate surface area is 196 Å². The lowest BCUT2D eigenvalue weighted by Gasteiger charge is -2.41. The molecule has 10 heteroatoms. The highest BCUT2D eigenvalue weighted by atomic mass is 19.1. The first-order chi connectivity index (χ1) is 16.4. The number of likely N-dealkylation sites (tertiary alicyclic amines) is 1. The van der Waals surface area contributed by atoms with E-state index in [0.717, 1.165) is 56.0 Å². The van der Waals surface area contributed by atoms with Gasteiger partial charge in [0.2, 0.25) is 11.8 Å². The van der Waals surface area contributed by atoms with Crippen LogP contribution in [-0.4, -0.2) is 78.0 Å². The lowest BCUT2D eigenvalue weighted by Crippen LogP contribution is -2.54. The maximum Gasteiger partial charge on any atom is 0.262 e. The van der Waals surface area contributed by atoms with Gasteiger partial charge >= 0.3 is 0 Å². The van der Waals surface area contributed by atoms with Crippen molar-refractivity contribution >= 4 is 35.6 Å². The summed E-state index contributed by atoms with van der Waals surface area (Å²) in [5.41, 5.74) is 0.316. The topological polar surface area (TPSA) is 107 Å². The van der Waals surface area contributed by atoms with E-state index in [9.17, 15) is 24.0 Å². The molecular formula is C24H27FN4O5. The number of hydrogen-bond acceptors (Lipinski definition) is 7. The van der Waals surface area contributed by atoms with Crippen LogP contribution in [0.1, 0.15) is 59.2 Å². The van der Waals surface area contributed by atoms with E-state index >= 15 is 4.39 Å². The quantitative estimate of drug-likeness (QED) is 0.519. The van der Waals surface area contributed by atoms with Crippen LogP contribution < -0.4 is 10.2 Å². The Morgan fingerprint density at radius 1 is 0.882 bits per heavy atom. The van der Waals surface area contributed by atoms with E-state index in [1.807, 2.05) is 4.90 Å². The first-order valence-electron chi connectivity index (χ1n) is 11.9. The summed E-state index contributed by atoms with van der Waals surface area (Å²) in [4.78, 5) is 65.8. The minimum atomic E-state index is -1.07. The zero-order valence-electron chi connectivity index (χ0n) is 18.8. The van der Waals surface area contributed by atoms with Gasteiger partial charge in [-0.15, -0.1) is 0 Å². The van der Waals surface area contributed by atoms with E-state index in [4.69, 9.17) is 0 Å². The van der Waals surface area contributed by atoms with Crippen molar-refractivity contribution in [3.63, 3.8) is 0 Å². The molecule has 1 N–H and O–H groups in total. The van der Waals surface area contributed by atoms with Gasteiger partial charge in [-0.25, -0.2) is 4.39 Å². The second kappa shape index (κ2) is 8.90. The number of aldehydes is 1. The minimum Gasteiger partial charge on any atom is -0.369 e. The molecule has 1 unspecified atom stereocenters. The fourth-order valence-corrected chi connectivity index (χ4v) is 5.61. The molecule has 4 aliphatic rings. The predicted octanol–water partition coefficient (Wildman–Crippen LogP) is 1.11. The Bertz CT molecular complexity index is 1060. The molecule has 0 aromatic heterocycles. The fraction of sp³-hybridized carbons (Fsp3) is 0.542. The van der Waals surface area contributed by atoms with E-state index < -0.39 is 35.5 Å². The second-order valence-electron chi connectivity index (χ2n) is 9.52. The highest BCUT2D eigenvalue weighted by Gasteiger charge is 2.45. The number of halogens is 1. The van der Waals surface area contributed by atoms with Gasteiger partial charge in [0.25, 0.3) is 11.8 Å². The first-order valence-corrected chi connectivity index (χ1v) is 11.9. The molecule has 180 valence electrons. The SMILES string of the molecule is O=CC1CCN(C2CCN(c3cc4c(cc3F)C(=O)N(C3CCC(=O)NC3=O)C4=O)CC2)CC1. The monoisotopic (exact) mass is 470 g/mol. The number of nitrogens with one attached hydrogen (secondary N) is 1. The third-order valence-electron chi connectivity index (χ3n) is 7.60. The summed E-state index contributed by atoms with van der Waals surface area (Å²) in [6.07, 6.45) is 4.58. The smallest absolute Gasteiger partial charge is 0.262 e. The minimum absolute atomic E-state index is 0.0329. The summed E-state index contributed by atoms with van der Waals surface area (Å²) < 4.78 is 15.1. The number of nitrogens with zero attached hydrogens (tertiary/aromatic N) is 3.